The molecule has 1 aliphatic rings. The summed E-state index contributed by atoms with van der Waals surface area (Å²) in [5.41, 5.74) is 12.0. The van der Waals surface area contributed by atoms with E-state index in [1.807, 2.05) is 0 Å². The maximum Gasteiger partial charge on any atom is 0.490 e. The van der Waals surface area contributed by atoms with Crippen molar-refractivity contribution < 1.29 is 65.3 Å². The molecule has 0 radical (unpaired) electrons. The lowest BCUT2D eigenvalue weighted by Gasteiger charge is -2.19. The molecule has 228 valence electrons. The van der Waals surface area contributed by atoms with E-state index < -0.39 is 24.3 Å². The second-order valence-corrected chi connectivity index (χ2v) is 7.87. The van der Waals surface area contributed by atoms with Gasteiger partial charge >= 0.3 is 24.3 Å². The number of benzene rings is 2. The molecule has 0 atom stereocenters. The van der Waals surface area contributed by atoms with Gasteiger partial charge in [-0.25, -0.2) is 9.59 Å². The normalized spacial score (nSPS) is 11.9. The average molecular weight is 608 g/mol. The molecule has 2 aromatic carbocycles. The number of halogens is 6. The maximum atomic E-state index is 12.9. The van der Waals surface area contributed by atoms with Gasteiger partial charge in [-0.3, -0.25) is 19.2 Å². The van der Waals surface area contributed by atoms with Gasteiger partial charge in [0.1, 0.15) is 0 Å². The Balaban J connectivity index is 0.000000522. The molecule has 0 saturated heterocycles. The standard InChI is InChI=1S/C20H20N4O4.2C2HF3O2/c21-5-7-23-19(27)11-1-3-13-15(9-11)18(26)14-4-2-12(10-16(14)17(13)25)20(28)24-8-6-22;2*3-2(4,5)1(6)7/h1-4,9-10H,5-8,21-22H2,(H,23,27)(H,24,28);2*(H,6,7). The van der Waals surface area contributed by atoms with Crippen LogP contribution in [0.4, 0.5) is 26.3 Å². The number of hydrogen-bond acceptors (Lipinski definition) is 8. The van der Waals surface area contributed by atoms with Crippen molar-refractivity contribution in [1.29, 1.82) is 0 Å². The molecule has 0 spiro atoms. The molecule has 12 nitrogen and oxygen atoms in total. The van der Waals surface area contributed by atoms with E-state index in [0.717, 1.165) is 0 Å². The predicted molar refractivity (Wildman–Crippen MR) is 130 cm³/mol. The van der Waals surface area contributed by atoms with E-state index in [-0.39, 0.29) is 56.8 Å². The Labute approximate surface area is 231 Å². The number of aliphatic carboxylic acids is 2. The third kappa shape index (κ3) is 9.66. The van der Waals surface area contributed by atoms with Gasteiger partial charge in [-0.2, -0.15) is 26.3 Å². The molecule has 1 aliphatic carbocycles. The highest BCUT2D eigenvalue weighted by Gasteiger charge is 2.39. The molecule has 0 bridgehead atoms. The number of rotatable bonds is 6. The lowest BCUT2D eigenvalue weighted by atomic mass is 9.82. The first-order chi connectivity index (χ1) is 19.4. The SMILES string of the molecule is NCCNC(=O)c1ccc2c(c1)C(=O)c1ccc(C(=O)NCCN)cc1C2=O.O=C(O)C(F)(F)F.O=C(O)C(F)(F)F. The van der Waals surface area contributed by atoms with Gasteiger partial charge in [-0.15, -0.1) is 0 Å². The van der Waals surface area contributed by atoms with Gasteiger partial charge < -0.3 is 32.3 Å². The Bertz CT molecular complexity index is 1270. The minimum absolute atomic E-state index is 0.165. The molecular weight excluding hydrogens is 586 g/mol. The summed E-state index contributed by atoms with van der Waals surface area (Å²) in [7, 11) is 0. The van der Waals surface area contributed by atoms with Crippen LogP contribution in [-0.4, -0.2) is 84.1 Å². The van der Waals surface area contributed by atoms with E-state index in [0.29, 0.717) is 26.2 Å². The molecule has 2 amide bonds. The predicted octanol–water partition coefficient (Wildman–Crippen LogP) is 1.11. The van der Waals surface area contributed by atoms with Crippen molar-refractivity contribution in [3.8, 4) is 0 Å². The summed E-state index contributed by atoms with van der Waals surface area (Å²) < 4.78 is 63.5. The number of carboxylic acid groups (broad SMARTS) is 2. The summed E-state index contributed by atoms with van der Waals surface area (Å²) in [6.45, 7) is 1.20. The van der Waals surface area contributed by atoms with Gasteiger partial charge in [0, 0.05) is 59.6 Å². The molecule has 8 N–H and O–H groups in total. The number of carbonyl (C=O) groups is 6. The van der Waals surface area contributed by atoms with Crippen LogP contribution in [0, 0.1) is 0 Å². The summed E-state index contributed by atoms with van der Waals surface area (Å²) in [5.74, 6) is -6.99. The number of alkyl halides is 6. The molecule has 3 rings (SSSR count). The maximum absolute atomic E-state index is 12.9. The van der Waals surface area contributed by atoms with Crippen LogP contribution in [0.1, 0.15) is 52.6 Å². The minimum atomic E-state index is -5.08. The van der Waals surface area contributed by atoms with Crippen molar-refractivity contribution in [2.24, 2.45) is 11.5 Å². The molecule has 42 heavy (non-hydrogen) atoms. The first-order valence-corrected chi connectivity index (χ1v) is 11.3. The highest BCUT2D eigenvalue weighted by atomic mass is 19.4. The van der Waals surface area contributed by atoms with Crippen molar-refractivity contribution in [3.05, 3.63) is 69.8 Å². The fourth-order valence-corrected chi connectivity index (χ4v) is 3.01. The first-order valence-electron chi connectivity index (χ1n) is 11.3. The number of amides is 2. The summed E-state index contributed by atoms with van der Waals surface area (Å²) in [6, 6.07) is 8.70. The fraction of sp³-hybridized carbons (Fsp3) is 0.250. The zero-order valence-corrected chi connectivity index (χ0v) is 21.1. The van der Waals surface area contributed by atoms with Gasteiger partial charge in [-0.05, 0) is 36.4 Å². The third-order valence-electron chi connectivity index (χ3n) is 4.89. The largest absolute Gasteiger partial charge is 0.490 e. The van der Waals surface area contributed by atoms with Crippen molar-refractivity contribution in [2.75, 3.05) is 26.2 Å². The van der Waals surface area contributed by atoms with E-state index in [1.165, 1.54) is 36.4 Å². The Morgan fingerprint density at radius 3 is 1.14 bits per heavy atom. The molecule has 0 fully saturated rings. The number of ketones is 2. The topological polar surface area (TPSA) is 219 Å². The van der Waals surface area contributed by atoms with E-state index in [9.17, 15) is 45.5 Å². The quantitative estimate of drug-likeness (QED) is 0.219. The first kappa shape index (κ1) is 35.2. The van der Waals surface area contributed by atoms with E-state index in [1.54, 1.807) is 0 Å². The highest BCUT2D eigenvalue weighted by Crippen LogP contribution is 2.29. The minimum Gasteiger partial charge on any atom is -0.475 e. The average Bonchev–Trinajstić information content (AvgIpc) is 2.92. The Morgan fingerprint density at radius 2 is 0.905 bits per heavy atom. The second-order valence-electron chi connectivity index (χ2n) is 7.87. The van der Waals surface area contributed by atoms with Crippen LogP contribution in [0.25, 0.3) is 0 Å². The smallest absolute Gasteiger partial charge is 0.475 e. The molecule has 0 aliphatic heterocycles. The van der Waals surface area contributed by atoms with Crippen LogP contribution in [-0.2, 0) is 9.59 Å². The van der Waals surface area contributed by atoms with Crippen LogP contribution >= 0.6 is 0 Å². The molecule has 18 heteroatoms. The third-order valence-corrected chi connectivity index (χ3v) is 4.89. The zero-order chi connectivity index (χ0) is 32.4. The van der Waals surface area contributed by atoms with Gasteiger partial charge in [0.2, 0.25) is 0 Å². The van der Waals surface area contributed by atoms with Crippen LogP contribution in [0.5, 0.6) is 0 Å². The van der Waals surface area contributed by atoms with Gasteiger partial charge in [-0.1, -0.05) is 0 Å². The number of nitrogens with two attached hydrogens (primary N) is 2. The van der Waals surface area contributed by atoms with Crippen molar-refractivity contribution in [1.82, 2.24) is 10.6 Å². The molecule has 0 saturated carbocycles. The van der Waals surface area contributed by atoms with Crippen LogP contribution in [0.2, 0.25) is 0 Å². The molecule has 0 unspecified atom stereocenters. The summed E-state index contributed by atoms with van der Waals surface area (Å²) in [5, 5.41) is 19.5. The zero-order valence-electron chi connectivity index (χ0n) is 21.1. The number of nitrogens with one attached hydrogen (secondary N) is 2. The molecule has 0 aromatic heterocycles. The van der Waals surface area contributed by atoms with E-state index in [2.05, 4.69) is 10.6 Å². The summed E-state index contributed by atoms with van der Waals surface area (Å²) >= 11 is 0. The van der Waals surface area contributed by atoms with E-state index in [4.69, 9.17) is 31.3 Å². The lowest BCUT2D eigenvalue weighted by Crippen LogP contribution is -2.30. The van der Waals surface area contributed by atoms with Crippen molar-refractivity contribution in [2.45, 2.75) is 12.4 Å². The number of carbonyl (C=O) groups excluding carboxylic acids is 4. The van der Waals surface area contributed by atoms with Gasteiger partial charge in [0.15, 0.2) is 11.6 Å². The molecule has 0 heterocycles. The lowest BCUT2D eigenvalue weighted by molar-refractivity contribution is -0.193. The Hall–Kier alpha value is -4.84. The summed E-state index contributed by atoms with van der Waals surface area (Å²) in [4.78, 5) is 67.8. The number of hydrogen-bond donors (Lipinski definition) is 6. The van der Waals surface area contributed by atoms with E-state index >= 15 is 0 Å². The molecular formula is C24H22F6N4O8. The number of carboxylic acids is 2. The van der Waals surface area contributed by atoms with Crippen LogP contribution in [0.15, 0.2) is 36.4 Å². The summed E-state index contributed by atoms with van der Waals surface area (Å²) in [6.07, 6.45) is -10.2. The molecule has 2 aromatic rings. The monoisotopic (exact) mass is 608 g/mol. The number of fused-ring (bicyclic) bond motifs is 2. The van der Waals surface area contributed by atoms with Crippen LogP contribution < -0.4 is 22.1 Å². The van der Waals surface area contributed by atoms with Crippen molar-refractivity contribution in [3.63, 3.8) is 0 Å². The van der Waals surface area contributed by atoms with Gasteiger partial charge in [0.25, 0.3) is 11.8 Å². The second kappa shape index (κ2) is 14.7. The Morgan fingerprint density at radius 1 is 0.619 bits per heavy atom. The van der Waals surface area contributed by atoms with Crippen LogP contribution in [0.3, 0.4) is 0 Å². The van der Waals surface area contributed by atoms with Gasteiger partial charge in [0.05, 0.1) is 0 Å². The Kier molecular flexibility index (Phi) is 12.3. The van der Waals surface area contributed by atoms with Crippen molar-refractivity contribution >= 4 is 35.3 Å². The highest BCUT2D eigenvalue weighted by molar-refractivity contribution is 6.29. The fourth-order valence-electron chi connectivity index (χ4n) is 3.01.